The molecule has 0 saturated carbocycles. The average Bonchev–Trinajstić information content (AvgIpc) is 2.95. The van der Waals surface area contributed by atoms with Gasteiger partial charge in [-0.05, 0) is 67.8 Å². The molecule has 0 spiro atoms. The lowest BCUT2D eigenvalue weighted by atomic mass is 10.0. The van der Waals surface area contributed by atoms with Crippen LogP contribution in [0.1, 0.15) is 22.3 Å². The van der Waals surface area contributed by atoms with Crippen LogP contribution >= 0.6 is 0 Å². The minimum absolute atomic E-state index is 0.147. The molecule has 0 unspecified atom stereocenters. The van der Waals surface area contributed by atoms with Gasteiger partial charge in [0.25, 0.3) is 0 Å². The van der Waals surface area contributed by atoms with Crippen molar-refractivity contribution < 1.29 is 4.39 Å². The minimum Gasteiger partial charge on any atom is -0.312 e. The molecule has 6 heteroatoms. The molecule has 0 atom stereocenters. The van der Waals surface area contributed by atoms with E-state index in [1.54, 1.807) is 23.6 Å². The highest BCUT2D eigenvalue weighted by molar-refractivity contribution is 5.87. The minimum atomic E-state index is -0.215. The van der Waals surface area contributed by atoms with Crippen LogP contribution < -0.4 is 11.0 Å². The lowest BCUT2D eigenvalue weighted by Crippen LogP contribution is -2.20. The van der Waals surface area contributed by atoms with Gasteiger partial charge in [-0.3, -0.25) is 0 Å². The van der Waals surface area contributed by atoms with Gasteiger partial charge in [-0.2, -0.15) is 0 Å². The number of pyridine rings is 1. The molecule has 0 aliphatic heterocycles. The largest absolute Gasteiger partial charge is 0.350 e. The fraction of sp³-hybridized carbons (Fsp3) is 0.273. The van der Waals surface area contributed by atoms with Crippen molar-refractivity contribution in [3.63, 3.8) is 0 Å². The number of fused-ring (bicyclic) bond motifs is 3. The molecular formula is C22H23FN4O. The van der Waals surface area contributed by atoms with Gasteiger partial charge >= 0.3 is 5.69 Å². The van der Waals surface area contributed by atoms with E-state index < -0.39 is 0 Å². The lowest BCUT2D eigenvalue weighted by Gasteiger charge is -2.11. The Morgan fingerprint density at radius 3 is 2.75 bits per heavy atom. The summed E-state index contributed by atoms with van der Waals surface area (Å²) in [5, 5.41) is 8.90. The lowest BCUT2D eigenvalue weighted by molar-refractivity contribution is 0.622. The topological polar surface area (TPSA) is 51.3 Å². The van der Waals surface area contributed by atoms with Gasteiger partial charge in [0.2, 0.25) is 0 Å². The second kappa shape index (κ2) is 7.20. The molecule has 5 nitrogen and oxygen atoms in total. The molecule has 2 aromatic carbocycles. The van der Waals surface area contributed by atoms with Crippen LogP contribution in [0.2, 0.25) is 0 Å². The van der Waals surface area contributed by atoms with Crippen molar-refractivity contribution in [2.24, 2.45) is 7.05 Å². The van der Waals surface area contributed by atoms with Gasteiger partial charge in [-0.1, -0.05) is 18.2 Å². The van der Waals surface area contributed by atoms with Crippen molar-refractivity contribution in [3.8, 4) is 0 Å². The van der Waals surface area contributed by atoms with E-state index in [-0.39, 0.29) is 11.5 Å². The molecule has 28 heavy (non-hydrogen) atoms. The molecule has 0 aliphatic carbocycles. The zero-order valence-corrected chi connectivity index (χ0v) is 16.3. The predicted molar refractivity (Wildman–Crippen MR) is 109 cm³/mol. The van der Waals surface area contributed by atoms with Gasteiger partial charge in [0.1, 0.15) is 5.82 Å². The number of nitrogens with one attached hydrogen (secondary N) is 1. The maximum atomic E-state index is 13.3. The number of nitrogens with zero attached hydrogens (tertiary/aromatic N) is 3. The molecule has 4 rings (SSSR count). The van der Waals surface area contributed by atoms with Crippen LogP contribution in [0.3, 0.4) is 0 Å². The average molecular weight is 378 g/mol. The molecular weight excluding hydrogens is 355 g/mol. The fourth-order valence-electron chi connectivity index (χ4n) is 3.74. The van der Waals surface area contributed by atoms with E-state index in [0.717, 1.165) is 39.6 Å². The first kappa shape index (κ1) is 18.4. The van der Waals surface area contributed by atoms with Crippen LogP contribution in [-0.4, -0.2) is 20.7 Å². The highest BCUT2D eigenvalue weighted by Crippen LogP contribution is 2.23. The van der Waals surface area contributed by atoms with E-state index in [0.29, 0.717) is 18.7 Å². The Balaban J connectivity index is 1.66. The predicted octanol–water partition coefficient (Wildman–Crippen LogP) is 3.27. The smallest absolute Gasteiger partial charge is 0.312 e. The first-order valence-corrected chi connectivity index (χ1v) is 9.38. The molecule has 0 radical (unpaired) electrons. The van der Waals surface area contributed by atoms with Gasteiger partial charge in [0.05, 0.1) is 5.52 Å². The molecule has 0 fully saturated rings. The third-order valence-electron chi connectivity index (χ3n) is 5.08. The van der Waals surface area contributed by atoms with Crippen molar-refractivity contribution in [1.29, 1.82) is 0 Å². The second-order valence-corrected chi connectivity index (χ2v) is 7.31. The van der Waals surface area contributed by atoms with Gasteiger partial charge in [0, 0.05) is 24.5 Å². The molecule has 0 aliphatic rings. The van der Waals surface area contributed by atoms with Gasteiger partial charge in [-0.25, -0.2) is 18.3 Å². The van der Waals surface area contributed by atoms with Crippen molar-refractivity contribution in [1.82, 2.24) is 19.5 Å². The Morgan fingerprint density at radius 1 is 1.14 bits per heavy atom. The Labute approximate surface area is 162 Å². The summed E-state index contributed by atoms with van der Waals surface area (Å²) >= 11 is 0. The van der Waals surface area contributed by atoms with Crippen LogP contribution in [0.25, 0.3) is 16.6 Å². The normalized spacial score (nSPS) is 11.6. The number of aromatic nitrogens is 3. The summed E-state index contributed by atoms with van der Waals surface area (Å²) in [6.45, 7) is 5.38. The van der Waals surface area contributed by atoms with E-state index in [1.165, 1.54) is 10.7 Å². The van der Waals surface area contributed by atoms with Crippen LogP contribution in [0.5, 0.6) is 0 Å². The third kappa shape index (κ3) is 3.31. The Kier molecular flexibility index (Phi) is 4.73. The summed E-state index contributed by atoms with van der Waals surface area (Å²) in [4.78, 5) is 12.7. The third-order valence-corrected chi connectivity index (χ3v) is 5.08. The summed E-state index contributed by atoms with van der Waals surface area (Å²) in [5.41, 5.74) is 5.58. The van der Waals surface area contributed by atoms with E-state index in [4.69, 9.17) is 0 Å². The van der Waals surface area contributed by atoms with E-state index in [1.807, 2.05) is 19.1 Å². The van der Waals surface area contributed by atoms with Crippen LogP contribution in [0.4, 0.5) is 4.39 Å². The second-order valence-electron chi connectivity index (χ2n) is 7.31. The summed E-state index contributed by atoms with van der Waals surface area (Å²) < 4.78 is 16.4. The molecule has 0 amide bonds. The first-order valence-electron chi connectivity index (χ1n) is 9.38. The maximum Gasteiger partial charge on any atom is 0.350 e. The molecule has 0 bridgehead atoms. The number of aryl methyl sites for hydroxylation is 3. The quantitative estimate of drug-likeness (QED) is 0.542. The summed E-state index contributed by atoms with van der Waals surface area (Å²) in [6.07, 6.45) is 0.731. The van der Waals surface area contributed by atoms with Crippen LogP contribution in [0.15, 0.2) is 47.3 Å². The number of halogens is 1. The molecule has 0 saturated heterocycles. The highest BCUT2D eigenvalue weighted by Gasteiger charge is 2.14. The number of hydrogen-bond acceptors (Lipinski definition) is 3. The molecule has 144 valence electrons. The standard InChI is InChI=1S/C22H23FN4O/c1-14-9-15(2)19-12-17(13-24-8-7-16-5-4-6-18(23)11-16)21-25-26(3)22(28)27(21)20(19)10-14/h4-6,9-12,24H,7-8,13H2,1-3H3. The Hall–Kier alpha value is -2.99. The van der Waals surface area contributed by atoms with E-state index in [2.05, 4.69) is 29.5 Å². The van der Waals surface area contributed by atoms with Gasteiger partial charge in [0.15, 0.2) is 5.65 Å². The van der Waals surface area contributed by atoms with Crippen molar-refractivity contribution in [2.45, 2.75) is 26.8 Å². The van der Waals surface area contributed by atoms with Crippen molar-refractivity contribution in [3.05, 3.63) is 81.0 Å². The monoisotopic (exact) mass is 378 g/mol. The van der Waals surface area contributed by atoms with E-state index in [9.17, 15) is 9.18 Å². The fourth-order valence-corrected chi connectivity index (χ4v) is 3.74. The molecule has 4 aromatic rings. The summed E-state index contributed by atoms with van der Waals surface area (Å²) in [7, 11) is 1.67. The zero-order chi connectivity index (χ0) is 19.8. The Morgan fingerprint density at radius 2 is 1.96 bits per heavy atom. The molecule has 2 aromatic heterocycles. The first-order chi connectivity index (χ1) is 13.4. The van der Waals surface area contributed by atoms with Crippen molar-refractivity contribution >= 4 is 16.6 Å². The number of benzene rings is 2. The molecule has 1 N–H and O–H groups in total. The summed E-state index contributed by atoms with van der Waals surface area (Å²) in [6, 6.07) is 12.9. The van der Waals surface area contributed by atoms with Gasteiger partial charge < -0.3 is 5.32 Å². The van der Waals surface area contributed by atoms with Crippen LogP contribution in [0, 0.1) is 19.7 Å². The van der Waals surface area contributed by atoms with E-state index >= 15 is 0 Å². The summed E-state index contributed by atoms with van der Waals surface area (Å²) in [5.74, 6) is -0.215. The number of hydrogen-bond donors (Lipinski definition) is 1. The maximum absolute atomic E-state index is 13.3. The number of rotatable bonds is 5. The zero-order valence-electron chi connectivity index (χ0n) is 16.3. The molecule has 2 heterocycles. The van der Waals surface area contributed by atoms with Crippen LogP contribution in [-0.2, 0) is 20.0 Å². The van der Waals surface area contributed by atoms with Gasteiger partial charge in [-0.15, -0.1) is 5.10 Å². The Bertz CT molecular complexity index is 1240. The van der Waals surface area contributed by atoms with Crippen molar-refractivity contribution in [2.75, 3.05) is 6.54 Å². The SMILES string of the molecule is Cc1cc(C)c2cc(CNCCc3cccc(F)c3)c3nn(C)c(=O)n3c2c1. The highest BCUT2D eigenvalue weighted by atomic mass is 19.1.